The molecule has 0 bridgehead atoms. The molecule has 5 rings (SSSR count). The molecule has 9 heteroatoms. The van der Waals surface area contributed by atoms with Gasteiger partial charge in [0.25, 0.3) is 5.91 Å². The van der Waals surface area contributed by atoms with Crippen LogP contribution < -0.4 is 14.8 Å². The van der Waals surface area contributed by atoms with E-state index in [9.17, 15) is 4.79 Å². The molecule has 1 aromatic heterocycles. The molecule has 1 N–H and O–H groups in total. The Kier molecular flexibility index (Phi) is 9.69. The standard InChI is InChI=1S/C34H33ClN4O3S/c1-22-10-8-13-25(18-22)21-43-34-38-37-32(39(34)28-20-26(35)17-16-23(28)2)27(19-24-11-6-5-7-12-24)36-33(40)31-29(41-3)14-9-15-30(31)42-4/h5-18,20,27H,19,21H2,1-4H3,(H,36,40). The molecule has 0 aliphatic carbocycles. The molecular formula is C34H33ClN4O3S. The summed E-state index contributed by atoms with van der Waals surface area (Å²) in [4.78, 5) is 13.9. The maximum absolute atomic E-state index is 13.9. The number of amides is 1. The number of benzene rings is 4. The highest BCUT2D eigenvalue weighted by atomic mass is 35.5. The number of halogens is 1. The van der Waals surface area contributed by atoms with Crippen LogP contribution in [0.15, 0.2) is 96.2 Å². The Hall–Kier alpha value is -4.27. The number of hydrogen-bond acceptors (Lipinski definition) is 6. The van der Waals surface area contributed by atoms with Gasteiger partial charge in [0.1, 0.15) is 17.1 Å². The highest BCUT2D eigenvalue weighted by molar-refractivity contribution is 7.98. The summed E-state index contributed by atoms with van der Waals surface area (Å²) in [5.41, 5.74) is 5.57. The van der Waals surface area contributed by atoms with Crippen LogP contribution in [0.5, 0.6) is 11.5 Å². The number of methoxy groups -OCH3 is 2. The summed E-state index contributed by atoms with van der Waals surface area (Å²) in [6, 6.07) is 28.8. The number of carbonyl (C=O) groups excluding carboxylic acids is 1. The van der Waals surface area contributed by atoms with Gasteiger partial charge in [0, 0.05) is 10.8 Å². The second kappa shape index (κ2) is 13.8. The second-order valence-corrected chi connectivity index (χ2v) is 11.5. The summed E-state index contributed by atoms with van der Waals surface area (Å²) in [5.74, 6) is 1.77. The van der Waals surface area contributed by atoms with Crippen molar-refractivity contribution in [1.82, 2.24) is 20.1 Å². The van der Waals surface area contributed by atoms with Crippen LogP contribution in [0.25, 0.3) is 5.69 Å². The summed E-state index contributed by atoms with van der Waals surface area (Å²) in [6.45, 7) is 4.10. The van der Waals surface area contributed by atoms with Gasteiger partial charge in [-0.3, -0.25) is 9.36 Å². The monoisotopic (exact) mass is 612 g/mol. The van der Waals surface area contributed by atoms with Crippen molar-refractivity contribution in [2.45, 2.75) is 37.2 Å². The number of thioether (sulfide) groups is 1. The molecule has 43 heavy (non-hydrogen) atoms. The number of aromatic nitrogens is 3. The van der Waals surface area contributed by atoms with Crippen molar-refractivity contribution in [3.05, 3.63) is 130 Å². The Morgan fingerprint density at radius 2 is 1.58 bits per heavy atom. The Morgan fingerprint density at radius 1 is 0.884 bits per heavy atom. The lowest BCUT2D eigenvalue weighted by Crippen LogP contribution is -2.32. The number of carbonyl (C=O) groups is 1. The summed E-state index contributed by atoms with van der Waals surface area (Å²) in [5, 5.41) is 13.9. The summed E-state index contributed by atoms with van der Waals surface area (Å²) in [7, 11) is 3.06. The number of aryl methyl sites for hydroxylation is 2. The van der Waals surface area contributed by atoms with Crippen LogP contribution in [-0.2, 0) is 12.2 Å². The van der Waals surface area contributed by atoms with Gasteiger partial charge in [0.05, 0.1) is 25.9 Å². The van der Waals surface area contributed by atoms with E-state index in [0.29, 0.717) is 45.2 Å². The van der Waals surface area contributed by atoms with E-state index in [-0.39, 0.29) is 5.91 Å². The Morgan fingerprint density at radius 3 is 2.28 bits per heavy atom. The lowest BCUT2D eigenvalue weighted by atomic mass is 10.0. The van der Waals surface area contributed by atoms with Gasteiger partial charge in [-0.25, -0.2) is 0 Å². The summed E-state index contributed by atoms with van der Waals surface area (Å²) < 4.78 is 13.1. The van der Waals surface area contributed by atoms with E-state index in [0.717, 1.165) is 16.8 Å². The van der Waals surface area contributed by atoms with Crippen molar-refractivity contribution in [1.29, 1.82) is 0 Å². The quantitative estimate of drug-likeness (QED) is 0.155. The predicted octanol–water partition coefficient (Wildman–Crippen LogP) is 7.56. The van der Waals surface area contributed by atoms with E-state index < -0.39 is 6.04 Å². The zero-order valence-electron chi connectivity index (χ0n) is 24.5. The van der Waals surface area contributed by atoms with Crippen LogP contribution in [0.3, 0.4) is 0 Å². The van der Waals surface area contributed by atoms with E-state index >= 15 is 0 Å². The Balaban J connectivity index is 1.61. The maximum atomic E-state index is 13.9. The molecule has 0 radical (unpaired) electrons. The third kappa shape index (κ3) is 7.04. The number of ether oxygens (including phenoxy) is 2. The molecule has 220 valence electrons. The average Bonchev–Trinajstić information content (AvgIpc) is 3.44. The molecule has 4 aromatic carbocycles. The molecule has 0 aliphatic rings. The fourth-order valence-corrected chi connectivity index (χ4v) is 6.02. The van der Waals surface area contributed by atoms with Crippen LogP contribution in [0.4, 0.5) is 0 Å². The van der Waals surface area contributed by atoms with E-state index in [2.05, 4.69) is 41.6 Å². The van der Waals surface area contributed by atoms with Crippen molar-refractivity contribution in [2.75, 3.05) is 14.2 Å². The van der Waals surface area contributed by atoms with E-state index in [1.807, 2.05) is 60.0 Å². The summed E-state index contributed by atoms with van der Waals surface area (Å²) >= 11 is 8.09. The fourth-order valence-electron chi connectivity index (χ4n) is 4.96. The third-order valence-electron chi connectivity index (χ3n) is 7.08. The van der Waals surface area contributed by atoms with Gasteiger partial charge in [-0.2, -0.15) is 0 Å². The van der Waals surface area contributed by atoms with Crippen LogP contribution in [-0.4, -0.2) is 34.9 Å². The maximum Gasteiger partial charge on any atom is 0.259 e. The molecule has 0 aliphatic heterocycles. The van der Waals surface area contributed by atoms with Crippen LogP contribution in [0, 0.1) is 13.8 Å². The topological polar surface area (TPSA) is 78.3 Å². The minimum Gasteiger partial charge on any atom is -0.496 e. The van der Waals surface area contributed by atoms with Crippen LogP contribution >= 0.6 is 23.4 Å². The van der Waals surface area contributed by atoms with Crippen molar-refractivity contribution in [3.8, 4) is 17.2 Å². The third-order valence-corrected chi connectivity index (χ3v) is 8.31. The predicted molar refractivity (Wildman–Crippen MR) is 172 cm³/mol. The second-order valence-electron chi connectivity index (χ2n) is 10.1. The molecule has 0 fully saturated rings. The molecule has 0 saturated heterocycles. The molecule has 1 heterocycles. The highest BCUT2D eigenvalue weighted by Gasteiger charge is 2.28. The number of nitrogens with zero attached hydrogens (tertiary/aromatic N) is 3. The first-order chi connectivity index (χ1) is 20.9. The fraction of sp³-hybridized carbons (Fsp3) is 0.206. The van der Waals surface area contributed by atoms with Gasteiger partial charge in [-0.15, -0.1) is 10.2 Å². The zero-order valence-corrected chi connectivity index (χ0v) is 26.1. The zero-order chi connectivity index (χ0) is 30.3. The van der Waals surface area contributed by atoms with Gasteiger partial charge in [-0.05, 0) is 61.2 Å². The molecule has 7 nitrogen and oxygen atoms in total. The molecule has 1 atom stereocenters. The van der Waals surface area contributed by atoms with Crippen molar-refractivity contribution >= 4 is 29.3 Å². The lowest BCUT2D eigenvalue weighted by molar-refractivity contribution is 0.0928. The van der Waals surface area contributed by atoms with Crippen molar-refractivity contribution in [2.24, 2.45) is 0 Å². The minimum absolute atomic E-state index is 0.310. The van der Waals surface area contributed by atoms with E-state index in [1.54, 1.807) is 30.0 Å². The van der Waals surface area contributed by atoms with Gasteiger partial charge in [0.2, 0.25) is 0 Å². The SMILES string of the molecule is COc1cccc(OC)c1C(=O)NC(Cc1ccccc1)c1nnc(SCc2cccc(C)c2)n1-c1cc(Cl)ccc1C. The first-order valence-corrected chi connectivity index (χ1v) is 15.2. The van der Waals surface area contributed by atoms with Gasteiger partial charge >= 0.3 is 0 Å². The Bertz CT molecular complexity index is 1700. The first-order valence-electron chi connectivity index (χ1n) is 13.8. The van der Waals surface area contributed by atoms with Crippen LogP contribution in [0.1, 0.15) is 44.5 Å². The molecule has 5 aromatic rings. The number of hydrogen-bond donors (Lipinski definition) is 1. The average molecular weight is 613 g/mol. The number of rotatable bonds is 11. The van der Waals surface area contributed by atoms with Crippen LogP contribution in [0.2, 0.25) is 5.02 Å². The Labute approximate surface area is 261 Å². The molecule has 0 spiro atoms. The normalized spacial score (nSPS) is 11.7. The minimum atomic E-state index is -0.552. The molecule has 1 amide bonds. The molecule has 1 unspecified atom stereocenters. The largest absolute Gasteiger partial charge is 0.496 e. The van der Waals surface area contributed by atoms with Gasteiger partial charge < -0.3 is 14.8 Å². The highest BCUT2D eigenvalue weighted by Crippen LogP contribution is 2.33. The van der Waals surface area contributed by atoms with Crippen molar-refractivity contribution < 1.29 is 14.3 Å². The van der Waals surface area contributed by atoms with E-state index in [1.165, 1.54) is 25.3 Å². The smallest absolute Gasteiger partial charge is 0.259 e. The number of nitrogens with one attached hydrogen (secondary N) is 1. The first kappa shape index (κ1) is 30.2. The van der Waals surface area contributed by atoms with Gasteiger partial charge in [0.15, 0.2) is 11.0 Å². The lowest BCUT2D eigenvalue weighted by Gasteiger charge is -2.22. The van der Waals surface area contributed by atoms with E-state index in [4.69, 9.17) is 26.2 Å². The summed E-state index contributed by atoms with van der Waals surface area (Å²) in [6.07, 6.45) is 0.477. The molecule has 0 saturated carbocycles. The molecular weight excluding hydrogens is 580 g/mol. The van der Waals surface area contributed by atoms with Crippen molar-refractivity contribution in [3.63, 3.8) is 0 Å². The van der Waals surface area contributed by atoms with Gasteiger partial charge in [-0.1, -0.05) is 95.7 Å².